The lowest BCUT2D eigenvalue weighted by atomic mass is 10.0. The fourth-order valence-corrected chi connectivity index (χ4v) is 4.03. The highest BCUT2D eigenvalue weighted by atomic mass is 79.9. The second-order valence-corrected chi connectivity index (χ2v) is 7.54. The van der Waals surface area contributed by atoms with Gasteiger partial charge in [-0.1, -0.05) is 27.5 Å². The molecule has 1 atom stereocenters. The third kappa shape index (κ3) is 4.50. The van der Waals surface area contributed by atoms with Crippen LogP contribution in [0.2, 0.25) is 5.02 Å². The van der Waals surface area contributed by atoms with Gasteiger partial charge in [-0.15, -0.1) is 0 Å². The molecule has 1 saturated heterocycles. The Morgan fingerprint density at radius 3 is 2.67 bits per heavy atom. The predicted octanol–water partition coefficient (Wildman–Crippen LogP) is 4.86. The molecule has 0 aromatic heterocycles. The summed E-state index contributed by atoms with van der Waals surface area (Å²) in [6.07, 6.45) is 1.80. The van der Waals surface area contributed by atoms with Gasteiger partial charge in [0.2, 0.25) is 0 Å². The van der Waals surface area contributed by atoms with Crippen LogP contribution in [0.15, 0.2) is 40.9 Å². The van der Waals surface area contributed by atoms with Crippen molar-refractivity contribution in [1.82, 2.24) is 4.90 Å². The van der Waals surface area contributed by atoms with Crippen LogP contribution in [0.3, 0.4) is 0 Å². The van der Waals surface area contributed by atoms with Crippen molar-refractivity contribution < 1.29 is 19.0 Å². The molecule has 0 unspecified atom stereocenters. The van der Waals surface area contributed by atoms with Crippen molar-refractivity contribution in [2.45, 2.75) is 18.9 Å². The van der Waals surface area contributed by atoms with Gasteiger partial charge in [0.25, 0.3) is 5.91 Å². The number of carbonyl (C=O) groups is 1. The van der Waals surface area contributed by atoms with Crippen LogP contribution in [0.25, 0.3) is 0 Å². The van der Waals surface area contributed by atoms with Gasteiger partial charge in [0.05, 0.1) is 25.3 Å². The third-order valence-corrected chi connectivity index (χ3v) is 5.40. The Balaban J connectivity index is 1.75. The number of hydrogen-bond acceptors (Lipinski definition) is 4. The maximum atomic E-state index is 12.8. The van der Waals surface area contributed by atoms with E-state index in [0.29, 0.717) is 17.3 Å². The summed E-state index contributed by atoms with van der Waals surface area (Å²) in [5, 5.41) is 0.463. The first-order valence-electron chi connectivity index (χ1n) is 8.62. The van der Waals surface area contributed by atoms with Crippen molar-refractivity contribution in [3.05, 3.63) is 51.5 Å². The SMILES string of the molecule is COc1ccc(OC)c([C@H]2CCCN2C(=O)COc2ccc(Br)cc2Cl)c1. The minimum atomic E-state index is -0.0821. The van der Waals surface area contributed by atoms with E-state index in [-0.39, 0.29) is 18.6 Å². The van der Waals surface area contributed by atoms with Crippen molar-refractivity contribution in [1.29, 1.82) is 0 Å². The predicted molar refractivity (Wildman–Crippen MR) is 108 cm³/mol. The molecule has 1 fully saturated rings. The topological polar surface area (TPSA) is 48.0 Å². The van der Waals surface area contributed by atoms with Crippen LogP contribution >= 0.6 is 27.5 Å². The summed E-state index contributed by atoms with van der Waals surface area (Å²) in [7, 11) is 3.25. The number of hydrogen-bond donors (Lipinski definition) is 0. The number of methoxy groups -OCH3 is 2. The summed E-state index contributed by atoms with van der Waals surface area (Å²) in [6.45, 7) is 0.616. The third-order valence-electron chi connectivity index (χ3n) is 4.61. The second-order valence-electron chi connectivity index (χ2n) is 6.22. The number of ether oxygens (including phenoxy) is 3. The lowest BCUT2D eigenvalue weighted by Crippen LogP contribution is -2.34. The van der Waals surface area contributed by atoms with Crippen LogP contribution in [0, 0.1) is 0 Å². The molecule has 7 heteroatoms. The van der Waals surface area contributed by atoms with Gasteiger partial charge in [0.1, 0.15) is 17.2 Å². The number of rotatable bonds is 6. The normalized spacial score (nSPS) is 16.3. The molecule has 0 bridgehead atoms. The average molecular weight is 455 g/mol. The minimum absolute atomic E-state index is 0.0634. The van der Waals surface area contributed by atoms with Crippen molar-refractivity contribution in [2.24, 2.45) is 0 Å². The number of amides is 1. The summed E-state index contributed by atoms with van der Waals surface area (Å²) in [4.78, 5) is 14.6. The summed E-state index contributed by atoms with van der Waals surface area (Å²) in [5.74, 6) is 1.89. The van der Waals surface area contributed by atoms with Gasteiger partial charge in [-0.05, 0) is 49.2 Å². The van der Waals surface area contributed by atoms with Gasteiger partial charge in [-0.2, -0.15) is 0 Å². The molecule has 0 aliphatic carbocycles. The van der Waals surface area contributed by atoms with Crippen LogP contribution in [-0.4, -0.2) is 38.2 Å². The zero-order valence-electron chi connectivity index (χ0n) is 15.2. The molecular weight excluding hydrogens is 434 g/mol. The molecule has 0 radical (unpaired) electrons. The molecule has 0 spiro atoms. The molecule has 5 nitrogen and oxygen atoms in total. The molecule has 3 rings (SSSR count). The van der Waals surface area contributed by atoms with Crippen molar-refractivity contribution in [3.63, 3.8) is 0 Å². The van der Waals surface area contributed by atoms with Crippen LogP contribution in [-0.2, 0) is 4.79 Å². The van der Waals surface area contributed by atoms with E-state index in [4.69, 9.17) is 25.8 Å². The fraction of sp³-hybridized carbons (Fsp3) is 0.350. The van der Waals surface area contributed by atoms with Crippen molar-refractivity contribution in [3.8, 4) is 17.2 Å². The molecule has 0 N–H and O–H groups in total. The molecule has 1 aliphatic rings. The maximum Gasteiger partial charge on any atom is 0.261 e. The van der Waals surface area contributed by atoms with Gasteiger partial charge in [-0.25, -0.2) is 0 Å². The number of benzene rings is 2. The molecule has 1 aliphatic heterocycles. The van der Waals surface area contributed by atoms with E-state index in [1.807, 2.05) is 29.2 Å². The number of nitrogens with zero attached hydrogens (tertiary/aromatic N) is 1. The van der Waals surface area contributed by atoms with E-state index in [9.17, 15) is 4.79 Å². The summed E-state index contributed by atoms with van der Waals surface area (Å²) in [5.41, 5.74) is 0.948. The lowest BCUT2D eigenvalue weighted by molar-refractivity contribution is -0.134. The van der Waals surface area contributed by atoms with Crippen LogP contribution < -0.4 is 14.2 Å². The Bertz CT molecular complexity index is 830. The highest BCUT2D eigenvalue weighted by molar-refractivity contribution is 9.10. The summed E-state index contributed by atoms with van der Waals surface area (Å²) >= 11 is 9.51. The van der Waals surface area contributed by atoms with E-state index in [2.05, 4.69) is 15.9 Å². The summed E-state index contributed by atoms with van der Waals surface area (Å²) in [6, 6.07) is 10.9. The Labute approximate surface area is 172 Å². The van der Waals surface area contributed by atoms with Crippen LogP contribution in [0.5, 0.6) is 17.2 Å². The van der Waals surface area contributed by atoms with Crippen LogP contribution in [0.4, 0.5) is 0 Å². The molecule has 1 amide bonds. The molecule has 1 heterocycles. The van der Waals surface area contributed by atoms with E-state index in [0.717, 1.165) is 34.4 Å². The highest BCUT2D eigenvalue weighted by Crippen LogP contribution is 2.39. The average Bonchev–Trinajstić information content (AvgIpc) is 3.16. The molecule has 27 heavy (non-hydrogen) atoms. The zero-order valence-corrected chi connectivity index (χ0v) is 17.5. The van der Waals surface area contributed by atoms with E-state index < -0.39 is 0 Å². The van der Waals surface area contributed by atoms with Gasteiger partial charge in [-0.3, -0.25) is 4.79 Å². The highest BCUT2D eigenvalue weighted by Gasteiger charge is 2.32. The fourth-order valence-electron chi connectivity index (χ4n) is 3.30. The van der Waals surface area contributed by atoms with E-state index >= 15 is 0 Å². The van der Waals surface area contributed by atoms with Gasteiger partial charge in [0, 0.05) is 16.6 Å². The first-order valence-corrected chi connectivity index (χ1v) is 9.80. The smallest absolute Gasteiger partial charge is 0.261 e. The Kier molecular flexibility index (Phi) is 6.50. The molecule has 0 saturated carbocycles. The summed E-state index contributed by atoms with van der Waals surface area (Å²) < 4.78 is 17.3. The van der Waals surface area contributed by atoms with E-state index in [1.54, 1.807) is 26.4 Å². The maximum absolute atomic E-state index is 12.8. The first kappa shape index (κ1) is 19.8. The molecule has 2 aromatic rings. The largest absolute Gasteiger partial charge is 0.497 e. The molecule has 144 valence electrons. The Morgan fingerprint density at radius 1 is 1.19 bits per heavy atom. The molecular formula is C20H21BrClNO4. The number of halogens is 2. The Hall–Kier alpha value is -1.92. The standard InChI is InChI=1S/C20H21BrClNO4/c1-25-14-6-8-18(26-2)15(11-14)17-4-3-9-23(17)20(24)12-27-19-7-5-13(21)10-16(19)22/h5-8,10-11,17H,3-4,9,12H2,1-2H3/t17-/m1/s1. The lowest BCUT2D eigenvalue weighted by Gasteiger charge is -2.26. The molecule has 2 aromatic carbocycles. The van der Waals surface area contributed by atoms with Crippen LogP contribution in [0.1, 0.15) is 24.4 Å². The van der Waals surface area contributed by atoms with E-state index in [1.165, 1.54) is 0 Å². The number of carbonyl (C=O) groups excluding carboxylic acids is 1. The monoisotopic (exact) mass is 453 g/mol. The van der Waals surface area contributed by atoms with Gasteiger partial charge < -0.3 is 19.1 Å². The zero-order chi connectivity index (χ0) is 19.4. The minimum Gasteiger partial charge on any atom is -0.497 e. The van der Waals surface area contributed by atoms with Gasteiger partial charge >= 0.3 is 0 Å². The van der Waals surface area contributed by atoms with Crippen molar-refractivity contribution >= 4 is 33.4 Å². The number of likely N-dealkylation sites (tertiary alicyclic amines) is 1. The van der Waals surface area contributed by atoms with Gasteiger partial charge in [0.15, 0.2) is 6.61 Å². The quantitative estimate of drug-likeness (QED) is 0.625. The Morgan fingerprint density at radius 2 is 1.96 bits per heavy atom. The first-order chi connectivity index (χ1) is 13.0. The second kappa shape index (κ2) is 8.85. The van der Waals surface area contributed by atoms with Crippen molar-refractivity contribution in [2.75, 3.05) is 27.4 Å².